The second-order valence-electron chi connectivity index (χ2n) is 16.1. The van der Waals surface area contributed by atoms with Crippen LogP contribution in [0.1, 0.15) is 0 Å². The molecule has 0 aliphatic heterocycles. The van der Waals surface area contributed by atoms with Crippen LogP contribution in [0, 0.1) is 0 Å². The molecule has 0 heterocycles. The van der Waals surface area contributed by atoms with E-state index in [-0.39, 0.29) is 43.7 Å². The van der Waals surface area contributed by atoms with Gasteiger partial charge in [-0.2, -0.15) is 0 Å². The van der Waals surface area contributed by atoms with E-state index in [4.69, 9.17) is 62.8 Å². The average Bonchev–Trinajstić information content (AvgIpc) is 3.32. The molecule has 0 spiro atoms. The van der Waals surface area contributed by atoms with Crippen LogP contribution in [-0.2, 0) is 0 Å². The minimum atomic E-state index is 0.171. The lowest BCUT2D eigenvalue weighted by Crippen LogP contribution is -2.50. The molecule has 0 aliphatic rings. The van der Waals surface area contributed by atoms with Gasteiger partial charge in [-0.05, 0) is 127 Å². The lowest BCUT2D eigenvalue weighted by atomic mass is 9.59. The van der Waals surface area contributed by atoms with Crippen LogP contribution in [0.4, 0.5) is 0 Å². The van der Waals surface area contributed by atoms with Crippen molar-refractivity contribution in [1.29, 1.82) is 0 Å². The van der Waals surface area contributed by atoms with E-state index in [1.54, 1.807) is 0 Å². The summed E-state index contributed by atoms with van der Waals surface area (Å²) in [5, 5.41) is 11.6. The molecular formula is C54H26B8. The second-order valence-corrected chi connectivity index (χ2v) is 16.1. The van der Waals surface area contributed by atoms with Gasteiger partial charge in [0.05, 0.1) is 0 Å². The molecule has 0 aromatic heterocycles. The molecule has 11 aromatic carbocycles. The first-order chi connectivity index (χ1) is 30.1. The predicted molar refractivity (Wildman–Crippen MR) is 276 cm³/mol. The van der Waals surface area contributed by atoms with Gasteiger partial charge in [-0.3, -0.25) is 0 Å². The maximum Gasteiger partial charge on any atom is 0.113 e. The van der Waals surface area contributed by atoms with Crippen molar-refractivity contribution < 1.29 is 0 Å². The van der Waals surface area contributed by atoms with Crippen molar-refractivity contribution in [3.63, 3.8) is 0 Å². The van der Waals surface area contributed by atoms with E-state index >= 15 is 0 Å². The van der Waals surface area contributed by atoms with E-state index < -0.39 is 0 Å². The molecule has 11 rings (SSSR count). The highest BCUT2D eigenvalue weighted by Crippen LogP contribution is 2.44. The smallest absolute Gasteiger partial charge is 0.110 e. The van der Waals surface area contributed by atoms with E-state index in [2.05, 4.69) is 121 Å². The molecule has 0 bridgehead atoms. The van der Waals surface area contributed by atoms with Crippen molar-refractivity contribution in [3.8, 4) is 44.5 Å². The molecular weight excluding hydrogens is 735 g/mol. The van der Waals surface area contributed by atoms with Gasteiger partial charge in [0.15, 0.2) is 0 Å². The van der Waals surface area contributed by atoms with Gasteiger partial charge in [-0.15, -0.1) is 21.9 Å². The third kappa shape index (κ3) is 5.65. The van der Waals surface area contributed by atoms with Crippen LogP contribution in [-0.4, -0.2) is 62.8 Å². The normalized spacial score (nSPS) is 11.7. The van der Waals surface area contributed by atoms with Crippen molar-refractivity contribution in [3.05, 3.63) is 158 Å². The fourth-order valence-corrected chi connectivity index (χ4v) is 9.80. The summed E-state index contributed by atoms with van der Waals surface area (Å²) < 4.78 is 0. The molecule has 0 aliphatic carbocycles. The van der Waals surface area contributed by atoms with E-state index in [0.717, 1.165) is 60.3 Å². The molecule has 16 radical (unpaired) electrons. The Morgan fingerprint density at radius 3 is 1.16 bits per heavy atom. The molecule has 8 heteroatoms. The Balaban J connectivity index is 1.25. The molecule has 0 saturated carbocycles. The number of rotatable bonds is 4. The van der Waals surface area contributed by atoms with Gasteiger partial charge in [0.1, 0.15) is 62.8 Å². The third-order valence-electron chi connectivity index (χ3n) is 12.8. The van der Waals surface area contributed by atoms with Gasteiger partial charge in [0.25, 0.3) is 0 Å². The zero-order valence-electron chi connectivity index (χ0n) is 33.6. The summed E-state index contributed by atoms with van der Waals surface area (Å²) in [6.07, 6.45) is 0. The van der Waals surface area contributed by atoms with Crippen LogP contribution in [0.3, 0.4) is 0 Å². The monoisotopic (exact) mass is 762 g/mol. The minimum Gasteiger partial charge on any atom is -0.110 e. The van der Waals surface area contributed by atoms with Crippen molar-refractivity contribution in [2.75, 3.05) is 0 Å². The van der Waals surface area contributed by atoms with Crippen LogP contribution >= 0.6 is 0 Å². The molecule has 62 heavy (non-hydrogen) atoms. The average molecular weight is 761 g/mol. The number of hydrogen-bond acceptors (Lipinski definition) is 0. The predicted octanol–water partition coefficient (Wildman–Crippen LogP) is 5.62. The molecule has 0 fully saturated rings. The lowest BCUT2D eigenvalue weighted by molar-refractivity contribution is 1.64. The van der Waals surface area contributed by atoms with Crippen LogP contribution in [0.25, 0.3) is 109 Å². The SMILES string of the molecule is [B]c1c([B])c([B])c2c(-c3cccc(-c4cc5ccc6ccccc6c5c5ccccc45)c3)c3c([B])c([B])c([B])c([B])c3c(-c3cccc(-c4cccc5ccccc45)c3)c2c1[B]. The van der Waals surface area contributed by atoms with Crippen LogP contribution in [0.5, 0.6) is 0 Å². The highest BCUT2D eigenvalue weighted by atomic mass is 14.3. The Kier molecular flexibility index (Phi) is 9.02. The topological polar surface area (TPSA) is 0 Å². The standard InChI is InChI=1S/C54H26B8/c55-47-43-41(31-15-7-13-29(24-31)35-21-9-12-27-10-1-3-17-34(27)35)44-46(50(58)54(62)52(60)48(44)56)42(45(43)49(57)53(61)51(47)59)32-16-8-14-30(25-32)39-26-33-23-22-28-11-2-4-18-36(28)40(33)38-20-6-5-19-37(38)39/h1-26H. The van der Waals surface area contributed by atoms with Gasteiger partial charge >= 0.3 is 0 Å². The summed E-state index contributed by atoms with van der Waals surface area (Å²) in [6.45, 7) is 0. The van der Waals surface area contributed by atoms with Crippen molar-refractivity contribution >= 4 is 171 Å². The van der Waals surface area contributed by atoms with E-state index in [1.165, 1.54) is 16.2 Å². The largest absolute Gasteiger partial charge is 0.113 e. The Labute approximate surface area is 371 Å². The molecule has 11 aromatic rings. The van der Waals surface area contributed by atoms with Gasteiger partial charge in [0, 0.05) is 0 Å². The maximum atomic E-state index is 7.15. The van der Waals surface area contributed by atoms with Gasteiger partial charge in [-0.1, -0.05) is 161 Å². The second kappa shape index (κ2) is 14.6. The third-order valence-corrected chi connectivity index (χ3v) is 12.8. The Morgan fingerprint density at radius 2 is 0.613 bits per heavy atom. The van der Waals surface area contributed by atoms with Gasteiger partial charge in [0.2, 0.25) is 0 Å². The van der Waals surface area contributed by atoms with E-state index in [1.807, 2.05) is 36.4 Å². The number of benzene rings is 11. The zero-order chi connectivity index (χ0) is 42.6. The van der Waals surface area contributed by atoms with Crippen molar-refractivity contribution in [2.45, 2.75) is 0 Å². The molecule has 0 saturated heterocycles. The van der Waals surface area contributed by atoms with Crippen LogP contribution < -0.4 is 43.7 Å². The summed E-state index contributed by atoms with van der Waals surface area (Å²) in [7, 11) is 55.5. The quantitative estimate of drug-likeness (QED) is 0.124. The summed E-state index contributed by atoms with van der Waals surface area (Å²) in [5.74, 6) is 0. The summed E-state index contributed by atoms with van der Waals surface area (Å²) in [6, 6.07) is 54.8. The van der Waals surface area contributed by atoms with Gasteiger partial charge < -0.3 is 0 Å². The van der Waals surface area contributed by atoms with Gasteiger partial charge in [-0.25, -0.2) is 0 Å². The molecule has 0 nitrogen and oxygen atoms in total. The summed E-state index contributed by atoms with van der Waals surface area (Å²) in [5.41, 5.74) is 8.74. The maximum absolute atomic E-state index is 7.15. The summed E-state index contributed by atoms with van der Waals surface area (Å²) in [4.78, 5) is 0. The number of hydrogen-bond donors (Lipinski definition) is 0. The Bertz CT molecular complexity index is 3650. The minimum absolute atomic E-state index is 0.171. The first kappa shape index (κ1) is 38.4. The first-order valence-corrected chi connectivity index (χ1v) is 20.4. The molecule has 0 N–H and O–H groups in total. The highest BCUT2D eigenvalue weighted by Gasteiger charge is 2.25. The summed E-state index contributed by atoms with van der Waals surface area (Å²) >= 11 is 0. The molecule has 0 amide bonds. The Hall–Kier alpha value is -6.50. The van der Waals surface area contributed by atoms with E-state index in [9.17, 15) is 0 Å². The Morgan fingerprint density at radius 1 is 0.226 bits per heavy atom. The first-order valence-electron chi connectivity index (χ1n) is 20.4. The van der Waals surface area contributed by atoms with E-state index in [0.29, 0.717) is 32.7 Å². The van der Waals surface area contributed by atoms with Crippen molar-refractivity contribution in [2.24, 2.45) is 0 Å². The van der Waals surface area contributed by atoms with Crippen molar-refractivity contribution in [1.82, 2.24) is 0 Å². The highest BCUT2D eigenvalue weighted by molar-refractivity contribution is 6.71. The number of fused-ring (bicyclic) bond motifs is 8. The molecule has 0 atom stereocenters. The molecule has 266 valence electrons. The van der Waals surface area contributed by atoms with Crippen LogP contribution in [0.15, 0.2) is 158 Å². The lowest BCUT2D eigenvalue weighted by Gasteiger charge is -2.29. The van der Waals surface area contributed by atoms with Crippen LogP contribution in [0.2, 0.25) is 0 Å². The zero-order valence-corrected chi connectivity index (χ0v) is 33.6. The molecule has 0 unspecified atom stereocenters. The fraction of sp³-hybridized carbons (Fsp3) is 0. The fourth-order valence-electron chi connectivity index (χ4n) is 9.80.